The van der Waals surface area contributed by atoms with Crippen molar-refractivity contribution in [2.24, 2.45) is 5.92 Å². The molecule has 2 N–H and O–H groups in total. The molecule has 0 saturated carbocycles. The van der Waals surface area contributed by atoms with Crippen LogP contribution in [0.25, 0.3) is 0 Å². The van der Waals surface area contributed by atoms with Gasteiger partial charge in [-0.1, -0.05) is 13.8 Å². The van der Waals surface area contributed by atoms with Crippen LogP contribution in [-0.4, -0.2) is 15.9 Å². The first-order valence-corrected chi connectivity index (χ1v) is 6.55. The summed E-state index contributed by atoms with van der Waals surface area (Å²) in [7, 11) is 0. The van der Waals surface area contributed by atoms with E-state index in [0.717, 1.165) is 11.3 Å². The molecule has 2 aromatic rings. The molecule has 2 aromatic heterocycles. The molecule has 1 amide bonds. The molecule has 104 valence electrons. The van der Waals surface area contributed by atoms with Gasteiger partial charge in [-0.3, -0.25) is 9.78 Å². The van der Waals surface area contributed by atoms with Gasteiger partial charge in [0.15, 0.2) is 0 Å². The van der Waals surface area contributed by atoms with E-state index in [1.807, 2.05) is 32.0 Å². The molecule has 0 aliphatic heterocycles. The summed E-state index contributed by atoms with van der Waals surface area (Å²) in [4.78, 5) is 19.7. The van der Waals surface area contributed by atoms with Gasteiger partial charge in [0.05, 0.1) is 11.9 Å². The fourth-order valence-electron chi connectivity index (χ4n) is 1.55. The van der Waals surface area contributed by atoms with E-state index in [1.165, 1.54) is 0 Å². The average molecular weight is 270 g/mol. The summed E-state index contributed by atoms with van der Waals surface area (Å²) in [6, 6.07) is 7.59. The van der Waals surface area contributed by atoms with Gasteiger partial charge < -0.3 is 10.6 Å². The molecule has 0 unspecified atom stereocenters. The van der Waals surface area contributed by atoms with Gasteiger partial charge >= 0.3 is 0 Å². The zero-order valence-corrected chi connectivity index (χ0v) is 11.6. The number of carbonyl (C=O) groups excluding carboxylic acids is 1. The van der Waals surface area contributed by atoms with Crippen molar-refractivity contribution in [1.29, 1.82) is 0 Å². The first kappa shape index (κ1) is 14.0. The highest BCUT2D eigenvalue weighted by Gasteiger charge is 2.07. The average Bonchev–Trinajstić information content (AvgIpc) is 2.47. The molecular weight excluding hydrogens is 252 g/mol. The first-order valence-electron chi connectivity index (χ1n) is 6.55. The van der Waals surface area contributed by atoms with Gasteiger partial charge in [-0.25, -0.2) is 4.98 Å². The Morgan fingerprint density at radius 2 is 1.95 bits per heavy atom. The standard InChI is InChI=1S/C15H18N4O/c1-11(2)15(20)19-14-4-3-13(10-18-14)17-9-12-5-7-16-8-6-12/h3-8,10-11,17H,9H2,1-2H3,(H,18,19,20). The minimum absolute atomic E-state index is 0.0324. The zero-order chi connectivity index (χ0) is 14.4. The van der Waals surface area contributed by atoms with Crippen LogP contribution in [0.4, 0.5) is 11.5 Å². The lowest BCUT2D eigenvalue weighted by molar-refractivity contribution is -0.118. The van der Waals surface area contributed by atoms with E-state index < -0.39 is 0 Å². The normalized spacial score (nSPS) is 10.3. The molecule has 0 atom stereocenters. The molecular formula is C15H18N4O. The maximum absolute atomic E-state index is 11.5. The van der Waals surface area contributed by atoms with Crippen molar-refractivity contribution in [3.05, 3.63) is 48.4 Å². The van der Waals surface area contributed by atoms with Gasteiger partial charge in [0.25, 0.3) is 0 Å². The number of anilines is 2. The molecule has 20 heavy (non-hydrogen) atoms. The third-order valence-electron chi connectivity index (χ3n) is 2.79. The smallest absolute Gasteiger partial charge is 0.228 e. The molecule has 2 heterocycles. The van der Waals surface area contributed by atoms with Gasteiger partial charge in [0.2, 0.25) is 5.91 Å². The van der Waals surface area contributed by atoms with Crippen LogP contribution < -0.4 is 10.6 Å². The van der Waals surface area contributed by atoms with Crippen molar-refractivity contribution >= 4 is 17.4 Å². The number of amides is 1. The van der Waals surface area contributed by atoms with Crippen molar-refractivity contribution in [2.45, 2.75) is 20.4 Å². The minimum Gasteiger partial charge on any atom is -0.380 e. The van der Waals surface area contributed by atoms with E-state index in [1.54, 1.807) is 24.7 Å². The second kappa shape index (κ2) is 6.65. The number of carbonyl (C=O) groups is 1. The molecule has 0 aromatic carbocycles. The zero-order valence-electron chi connectivity index (χ0n) is 11.6. The molecule has 0 aliphatic rings. The molecule has 0 bridgehead atoms. The van der Waals surface area contributed by atoms with Crippen LogP contribution in [0.2, 0.25) is 0 Å². The molecule has 0 spiro atoms. The van der Waals surface area contributed by atoms with Gasteiger partial charge in [0, 0.05) is 24.9 Å². The predicted molar refractivity (Wildman–Crippen MR) is 79.3 cm³/mol. The number of hydrogen-bond donors (Lipinski definition) is 2. The van der Waals surface area contributed by atoms with Crippen LogP contribution >= 0.6 is 0 Å². The number of rotatable bonds is 5. The third kappa shape index (κ3) is 4.05. The van der Waals surface area contributed by atoms with E-state index in [-0.39, 0.29) is 11.8 Å². The minimum atomic E-state index is -0.0544. The fourth-order valence-corrected chi connectivity index (χ4v) is 1.55. The summed E-state index contributed by atoms with van der Waals surface area (Å²) in [5.41, 5.74) is 2.06. The second-order valence-corrected chi connectivity index (χ2v) is 4.79. The summed E-state index contributed by atoms with van der Waals surface area (Å²) in [6.45, 7) is 4.40. The number of nitrogens with zero attached hydrogens (tertiary/aromatic N) is 2. The van der Waals surface area contributed by atoms with Crippen molar-refractivity contribution in [3.63, 3.8) is 0 Å². The highest BCUT2D eigenvalue weighted by atomic mass is 16.1. The Hall–Kier alpha value is -2.43. The van der Waals surface area contributed by atoms with Gasteiger partial charge in [-0.15, -0.1) is 0 Å². The second-order valence-electron chi connectivity index (χ2n) is 4.79. The number of pyridine rings is 2. The van der Waals surface area contributed by atoms with Crippen molar-refractivity contribution in [3.8, 4) is 0 Å². The molecule has 5 nitrogen and oxygen atoms in total. The van der Waals surface area contributed by atoms with Crippen LogP contribution in [0.15, 0.2) is 42.9 Å². The van der Waals surface area contributed by atoms with E-state index >= 15 is 0 Å². The van der Waals surface area contributed by atoms with Gasteiger partial charge in [-0.05, 0) is 29.8 Å². The molecule has 0 radical (unpaired) electrons. The Kier molecular flexibility index (Phi) is 4.65. The van der Waals surface area contributed by atoms with Crippen LogP contribution in [0.5, 0.6) is 0 Å². The summed E-state index contributed by atoms with van der Waals surface area (Å²) >= 11 is 0. The summed E-state index contributed by atoms with van der Waals surface area (Å²) < 4.78 is 0. The number of nitrogens with one attached hydrogen (secondary N) is 2. The molecule has 0 aliphatic carbocycles. The van der Waals surface area contributed by atoms with Gasteiger partial charge in [0.1, 0.15) is 5.82 Å². The van der Waals surface area contributed by atoms with Crippen LogP contribution in [0.1, 0.15) is 19.4 Å². The Morgan fingerprint density at radius 3 is 2.55 bits per heavy atom. The van der Waals surface area contributed by atoms with E-state index in [4.69, 9.17) is 0 Å². The van der Waals surface area contributed by atoms with E-state index in [0.29, 0.717) is 12.4 Å². The Labute approximate surface area is 118 Å². The first-order chi connectivity index (χ1) is 9.65. The molecule has 5 heteroatoms. The molecule has 2 rings (SSSR count). The van der Waals surface area contributed by atoms with Crippen molar-refractivity contribution in [1.82, 2.24) is 9.97 Å². The third-order valence-corrected chi connectivity index (χ3v) is 2.79. The van der Waals surface area contributed by atoms with Crippen LogP contribution in [0, 0.1) is 5.92 Å². The highest BCUT2D eigenvalue weighted by Crippen LogP contribution is 2.11. The summed E-state index contributed by atoms with van der Waals surface area (Å²) in [5, 5.41) is 6.02. The lowest BCUT2D eigenvalue weighted by atomic mass is 10.2. The van der Waals surface area contributed by atoms with E-state index in [9.17, 15) is 4.79 Å². The van der Waals surface area contributed by atoms with Crippen LogP contribution in [0.3, 0.4) is 0 Å². The molecule has 0 saturated heterocycles. The van der Waals surface area contributed by atoms with Crippen molar-refractivity contribution < 1.29 is 4.79 Å². The topological polar surface area (TPSA) is 66.9 Å². The Morgan fingerprint density at radius 1 is 1.20 bits per heavy atom. The Bertz CT molecular complexity index is 552. The number of hydrogen-bond acceptors (Lipinski definition) is 4. The molecule has 0 fully saturated rings. The quantitative estimate of drug-likeness (QED) is 0.876. The maximum atomic E-state index is 11.5. The predicted octanol–water partition coefficient (Wildman–Crippen LogP) is 2.68. The highest BCUT2D eigenvalue weighted by molar-refractivity contribution is 5.91. The summed E-state index contributed by atoms with van der Waals surface area (Å²) in [6.07, 6.45) is 5.23. The lowest BCUT2D eigenvalue weighted by Gasteiger charge is -2.09. The Balaban J connectivity index is 1.90. The number of aromatic nitrogens is 2. The SMILES string of the molecule is CC(C)C(=O)Nc1ccc(NCc2ccncc2)cn1. The van der Waals surface area contributed by atoms with E-state index in [2.05, 4.69) is 20.6 Å². The largest absolute Gasteiger partial charge is 0.380 e. The lowest BCUT2D eigenvalue weighted by Crippen LogP contribution is -2.18. The van der Waals surface area contributed by atoms with Gasteiger partial charge in [-0.2, -0.15) is 0 Å². The monoisotopic (exact) mass is 270 g/mol. The van der Waals surface area contributed by atoms with Crippen LogP contribution in [-0.2, 0) is 11.3 Å². The summed E-state index contributed by atoms with van der Waals surface area (Å²) in [5.74, 6) is 0.481. The maximum Gasteiger partial charge on any atom is 0.228 e. The fraction of sp³-hybridized carbons (Fsp3) is 0.267. The van der Waals surface area contributed by atoms with Crippen molar-refractivity contribution in [2.75, 3.05) is 10.6 Å².